The highest BCUT2D eigenvalue weighted by atomic mass is 35.5. The molecule has 2 fully saturated rings. The second kappa shape index (κ2) is 8.99. The number of fused-ring (bicyclic) bond motifs is 1. The van der Waals surface area contributed by atoms with Crippen LogP contribution in [0.25, 0.3) is 0 Å². The van der Waals surface area contributed by atoms with Crippen LogP contribution in [0.1, 0.15) is 61.1 Å². The highest BCUT2D eigenvalue weighted by molar-refractivity contribution is 6.31. The van der Waals surface area contributed by atoms with Crippen molar-refractivity contribution in [2.45, 2.75) is 44.9 Å². The molecule has 1 amide bonds. The maximum absolute atomic E-state index is 13.4. The van der Waals surface area contributed by atoms with Crippen molar-refractivity contribution in [2.24, 2.45) is 24.8 Å². The lowest BCUT2D eigenvalue weighted by Gasteiger charge is -2.15. The number of benzene rings is 1. The largest absolute Gasteiger partial charge is 0.466 e. The molecule has 0 aliphatic heterocycles. The van der Waals surface area contributed by atoms with E-state index in [9.17, 15) is 14.0 Å². The zero-order valence-corrected chi connectivity index (χ0v) is 18.5. The number of ether oxygens (including phenoxy) is 1. The molecule has 166 valence electrons. The summed E-state index contributed by atoms with van der Waals surface area (Å²) in [6.07, 6.45) is 6.18. The van der Waals surface area contributed by atoms with Crippen molar-refractivity contribution in [3.05, 3.63) is 46.8 Å². The first kappa shape index (κ1) is 21.8. The number of carbonyl (C=O) groups excluding carboxylic acids is 2. The van der Waals surface area contributed by atoms with Crippen molar-refractivity contribution in [3.8, 4) is 0 Å². The number of imidazole rings is 1. The molecule has 4 rings (SSSR count). The summed E-state index contributed by atoms with van der Waals surface area (Å²) in [5.41, 5.74) is 1.77. The van der Waals surface area contributed by atoms with E-state index in [2.05, 4.69) is 10.3 Å². The fourth-order valence-electron chi connectivity index (χ4n) is 5.38. The molecule has 2 aliphatic rings. The quantitative estimate of drug-likeness (QED) is 0.636. The number of esters is 1. The van der Waals surface area contributed by atoms with E-state index in [1.807, 2.05) is 6.92 Å². The number of amides is 1. The second-order valence-electron chi connectivity index (χ2n) is 8.71. The molecule has 1 N–H and O–H groups in total. The van der Waals surface area contributed by atoms with Crippen LogP contribution in [0.15, 0.2) is 24.5 Å². The number of rotatable bonds is 6. The maximum Gasteiger partial charge on any atom is 0.306 e. The molecule has 2 aliphatic carbocycles. The summed E-state index contributed by atoms with van der Waals surface area (Å²) in [7, 11) is 1.80. The Morgan fingerprint density at radius 1 is 1.26 bits per heavy atom. The topological polar surface area (TPSA) is 73.2 Å². The predicted molar refractivity (Wildman–Crippen MR) is 116 cm³/mol. The Morgan fingerprint density at radius 2 is 1.97 bits per heavy atom. The van der Waals surface area contributed by atoms with Crippen molar-refractivity contribution < 1.29 is 18.7 Å². The lowest BCUT2D eigenvalue weighted by atomic mass is 9.93. The van der Waals surface area contributed by atoms with E-state index in [0.29, 0.717) is 42.2 Å². The minimum Gasteiger partial charge on any atom is -0.466 e. The molecule has 0 saturated heterocycles. The van der Waals surface area contributed by atoms with Gasteiger partial charge in [-0.15, -0.1) is 0 Å². The average molecular weight is 448 g/mol. The third-order valence-corrected chi connectivity index (χ3v) is 6.91. The van der Waals surface area contributed by atoms with Gasteiger partial charge >= 0.3 is 5.97 Å². The smallest absolute Gasteiger partial charge is 0.306 e. The molecule has 2 saturated carbocycles. The lowest BCUT2D eigenvalue weighted by Crippen LogP contribution is -2.18. The summed E-state index contributed by atoms with van der Waals surface area (Å²) in [4.78, 5) is 29.4. The first-order valence-corrected chi connectivity index (χ1v) is 11.2. The fraction of sp³-hybridized carbons (Fsp3) is 0.522. The van der Waals surface area contributed by atoms with Gasteiger partial charge in [-0.1, -0.05) is 11.6 Å². The van der Waals surface area contributed by atoms with Crippen LogP contribution < -0.4 is 5.32 Å². The highest BCUT2D eigenvalue weighted by Crippen LogP contribution is 2.53. The van der Waals surface area contributed by atoms with E-state index in [-0.39, 0.29) is 22.8 Å². The second-order valence-corrected chi connectivity index (χ2v) is 9.11. The van der Waals surface area contributed by atoms with E-state index in [4.69, 9.17) is 16.3 Å². The number of nitrogens with zero attached hydrogens (tertiary/aromatic N) is 2. The van der Waals surface area contributed by atoms with Gasteiger partial charge < -0.3 is 14.6 Å². The van der Waals surface area contributed by atoms with Gasteiger partial charge in [-0.2, -0.15) is 0 Å². The minimum absolute atomic E-state index is 0.0379. The first-order valence-electron chi connectivity index (χ1n) is 10.8. The van der Waals surface area contributed by atoms with Crippen LogP contribution in [0, 0.1) is 23.6 Å². The molecule has 0 bridgehead atoms. The van der Waals surface area contributed by atoms with Crippen LogP contribution in [-0.4, -0.2) is 28.0 Å². The SMILES string of the molecule is CCOC(=O)CC1CC2CC(c3ncn(C)c3C(=O)Nc3ccc(F)c(Cl)c3)CC2C1. The van der Waals surface area contributed by atoms with Gasteiger partial charge in [-0.25, -0.2) is 9.37 Å². The van der Waals surface area contributed by atoms with E-state index in [0.717, 1.165) is 31.4 Å². The van der Waals surface area contributed by atoms with Crippen LogP contribution in [0.2, 0.25) is 5.02 Å². The normalized spacial score (nSPS) is 24.8. The molecule has 8 heteroatoms. The predicted octanol–water partition coefficient (Wildman–Crippen LogP) is 4.94. The fourth-order valence-corrected chi connectivity index (χ4v) is 5.56. The van der Waals surface area contributed by atoms with Crippen LogP contribution in [0.3, 0.4) is 0 Å². The Kier molecular flexibility index (Phi) is 6.32. The number of halogens is 2. The van der Waals surface area contributed by atoms with Crippen molar-refractivity contribution in [2.75, 3.05) is 11.9 Å². The number of aryl methyl sites for hydroxylation is 1. The van der Waals surface area contributed by atoms with E-state index in [1.54, 1.807) is 17.9 Å². The van der Waals surface area contributed by atoms with E-state index < -0.39 is 5.82 Å². The number of anilines is 1. The summed E-state index contributed by atoms with van der Waals surface area (Å²) in [6.45, 7) is 2.26. The third-order valence-electron chi connectivity index (χ3n) is 6.62. The molecule has 1 aromatic heterocycles. The summed E-state index contributed by atoms with van der Waals surface area (Å²) >= 11 is 5.83. The van der Waals surface area contributed by atoms with Crippen LogP contribution in [-0.2, 0) is 16.6 Å². The van der Waals surface area contributed by atoms with Crippen molar-refractivity contribution in [1.82, 2.24) is 9.55 Å². The molecule has 2 aromatic rings. The minimum atomic E-state index is -0.528. The van der Waals surface area contributed by atoms with Crippen LogP contribution in [0.4, 0.5) is 10.1 Å². The number of nitrogens with one attached hydrogen (secondary N) is 1. The van der Waals surface area contributed by atoms with Crippen molar-refractivity contribution in [1.29, 1.82) is 0 Å². The zero-order chi connectivity index (χ0) is 22.1. The molecular weight excluding hydrogens is 421 g/mol. The first-order chi connectivity index (χ1) is 14.9. The molecule has 2 atom stereocenters. The summed E-state index contributed by atoms with van der Waals surface area (Å²) in [6, 6.07) is 4.11. The Morgan fingerprint density at radius 3 is 2.61 bits per heavy atom. The van der Waals surface area contributed by atoms with E-state index >= 15 is 0 Å². The van der Waals surface area contributed by atoms with Crippen molar-refractivity contribution in [3.63, 3.8) is 0 Å². The summed E-state index contributed by atoms with van der Waals surface area (Å²) in [5.74, 6) is 0.807. The van der Waals surface area contributed by atoms with Gasteiger partial charge in [0.1, 0.15) is 11.5 Å². The lowest BCUT2D eigenvalue weighted by molar-refractivity contribution is -0.144. The zero-order valence-electron chi connectivity index (χ0n) is 17.7. The molecule has 2 unspecified atom stereocenters. The number of hydrogen-bond donors (Lipinski definition) is 1. The molecular formula is C23H27ClFN3O3. The van der Waals surface area contributed by atoms with E-state index in [1.165, 1.54) is 18.2 Å². The Hall–Kier alpha value is -2.41. The third kappa shape index (κ3) is 4.61. The van der Waals surface area contributed by atoms with Gasteiger partial charge in [-0.3, -0.25) is 9.59 Å². The molecule has 1 aromatic carbocycles. The molecule has 31 heavy (non-hydrogen) atoms. The van der Waals surface area contributed by atoms with Gasteiger partial charge in [-0.05, 0) is 68.6 Å². The van der Waals surface area contributed by atoms with Gasteiger partial charge in [0.05, 0.1) is 23.7 Å². The van der Waals surface area contributed by atoms with Crippen molar-refractivity contribution >= 4 is 29.2 Å². The molecule has 6 nitrogen and oxygen atoms in total. The maximum atomic E-state index is 13.4. The molecule has 0 radical (unpaired) electrons. The standard InChI is InChI=1S/C23H27ClFN3O3/c1-3-31-20(29)8-13-6-14-9-16(10-15(14)7-13)21-22(28(2)12-26-21)23(30)27-17-4-5-19(25)18(24)11-17/h4-5,11-16H,3,6-10H2,1-2H3,(H,27,30). The Labute approximate surface area is 186 Å². The summed E-state index contributed by atoms with van der Waals surface area (Å²) in [5, 5.41) is 2.77. The van der Waals surface area contributed by atoms with Gasteiger partial charge in [0.2, 0.25) is 0 Å². The average Bonchev–Trinajstić information content (AvgIpc) is 3.37. The van der Waals surface area contributed by atoms with Gasteiger partial charge in [0.25, 0.3) is 5.91 Å². The number of hydrogen-bond acceptors (Lipinski definition) is 4. The number of carbonyl (C=O) groups is 2. The Balaban J connectivity index is 1.43. The van der Waals surface area contributed by atoms with Gasteiger partial charge in [0.15, 0.2) is 0 Å². The van der Waals surface area contributed by atoms with Crippen LogP contribution >= 0.6 is 11.6 Å². The monoisotopic (exact) mass is 447 g/mol. The highest BCUT2D eigenvalue weighted by Gasteiger charge is 2.44. The molecule has 0 spiro atoms. The van der Waals surface area contributed by atoms with Gasteiger partial charge in [0, 0.05) is 25.1 Å². The van der Waals surface area contributed by atoms with Crippen LogP contribution in [0.5, 0.6) is 0 Å². The molecule has 1 heterocycles. The Bertz CT molecular complexity index is 978. The number of aromatic nitrogens is 2. The summed E-state index contributed by atoms with van der Waals surface area (Å²) < 4.78 is 20.2.